The van der Waals surface area contributed by atoms with E-state index in [-0.39, 0.29) is 29.3 Å². The lowest BCUT2D eigenvalue weighted by Gasteiger charge is -2.11. The molecule has 7 nitrogen and oxygen atoms in total. The van der Waals surface area contributed by atoms with Gasteiger partial charge in [0.05, 0.1) is 6.10 Å². The molecule has 1 fully saturated rings. The van der Waals surface area contributed by atoms with Crippen molar-refractivity contribution in [2.45, 2.75) is 43.7 Å². The summed E-state index contributed by atoms with van der Waals surface area (Å²) in [5.74, 6) is -1.15. The minimum absolute atomic E-state index is 0.0356. The van der Waals surface area contributed by atoms with Crippen molar-refractivity contribution in [1.29, 1.82) is 0 Å². The van der Waals surface area contributed by atoms with Gasteiger partial charge in [-0.05, 0) is 32.8 Å². The second kappa shape index (κ2) is 6.17. The molecule has 2 rings (SSSR count). The van der Waals surface area contributed by atoms with Crippen molar-refractivity contribution in [2.24, 2.45) is 0 Å². The van der Waals surface area contributed by atoms with Crippen molar-refractivity contribution in [1.82, 2.24) is 9.29 Å². The lowest BCUT2D eigenvalue weighted by atomic mass is 10.2. The van der Waals surface area contributed by atoms with Gasteiger partial charge in [-0.2, -0.15) is 0 Å². The highest BCUT2D eigenvalue weighted by atomic mass is 32.2. The van der Waals surface area contributed by atoms with Gasteiger partial charge in [0.2, 0.25) is 10.0 Å². The van der Waals surface area contributed by atoms with E-state index in [2.05, 4.69) is 4.72 Å². The molecule has 0 radical (unpaired) electrons. The second-order valence-electron chi connectivity index (χ2n) is 5.35. The molecule has 1 saturated heterocycles. The summed E-state index contributed by atoms with van der Waals surface area (Å²) >= 11 is 0. The highest BCUT2D eigenvalue weighted by molar-refractivity contribution is 7.89. The fourth-order valence-electron chi connectivity index (χ4n) is 2.29. The van der Waals surface area contributed by atoms with Crippen LogP contribution in [0.2, 0.25) is 0 Å². The molecule has 0 aliphatic carbocycles. The third-order valence-electron chi connectivity index (χ3n) is 3.43. The Labute approximate surface area is 124 Å². The van der Waals surface area contributed by atoms with Gasteiger partial charge in [0, 0.05) is 25.4 Å². The van der Waals surface area contributed by atoms with Crippen molar-refractivity contribution >= 4 is 16.0 Å². The van der Waals surface area contributed by atoms with E-state index < -0.39 is 16.0 Å². The first-order valence-electron chi connectivity index (χ1n) is 6.87. The lowest BCUT2D eigenvalue weighted by molar-refractivity contribution is 0.0683. The molecule has 0 amide bonds. The van der Waals surface area contributed by atoms with Crippen LogP contribution in [0.4, 0.5) is 0 Å². The van der Waals surface area contributed by atoms with E-state index in [1.54, 1.807) is 13.8 Å². The van der Waals surface area contributed by atoms with Crippen molar-refractivity contribution in [3.63, 3.8) is 0 Å². The van der Waals surface area contributed by atoms with Crippen LogP contribution in [0.1, 0.15) is 43.2 Å². The largest absolute Gasteiger partial charge is 0.477 e. The number of nitrogens with one attached hydrogen (secondary N) is 1. The number of hydrogen-bond donors (Lipinski definition) is 2. The third kappa shape index (κ3) is 3.63. The van der Waals surface area contributed by atoms with Crippen LogP contribution >= 0.6 is 0 Å². The Morgan fingerprint density at radius 3 is 2.76 bits per heavy atom. The quantitative estimate of drug-likeness (QED) is 0.822. The van der Waals surface area contributed by atoms with E-state index in [0.717, 1.165) is 12.8 Å². The highest BCUT2D eigenvalue weighted by Gasteiger charge is 2.24. The number of aromatic carboxylic acids is 1. The zero-order chi connectivity index (χ0) is 15.6. The maximum absolute atomic E-state index is 12.2. The Morgan fingerprint density at radius 1 is 1.57 bits per heavy atom. The molecule has 0 bridgehead atoms. The maximum Gasteiger partial charge on any atom is 0.352 e. The number of carbonyl (C=O) groups is 1. The molecule has 1 aromatic rings. The van der Waals surface area contributed by atoms with E-state index in [4.69, 9.17) is 9.84 Å². The molecule has 0 spiro atoms. The number of ether oxygens (including phenoxy) is 1. The van der Waals surface area contributed by atoms with Crippen LogP contribution in [0, 0.1) is 0 Å². The SMILES string of the molecule is CC(C)n1cc(S(=O)(=O)NCC2CCCO2)cc1C(=O)O. The van der Waals surface area contributed by atoms with Gasteiger partial charge in [-0.1, -0.05) is 0 Å². The molecule has 0 aromatic carbocycles. The normalized spacial score (nSPS) is 19.3. The molecule has 1 aromatic heterocycles. The first-order chi connectivity index (χ1) is 9.81. The summed E-state index contributed by atoms with van der Waals surface area (Å²) in [5.41, 5.74) is -0.0394. The fourth-order valence-corrected chi connectivity index (χ4v) is 3.38. The minimum Gasteiger partial charge on any atom is -0.477 e. The van der Waals surface area contributed by atoms with Crippen LogP contribution in [-0.4, -0.2) is 43.3 Å². The van der Waals surface area contributed by atoms with Gasteiger partial charge in [-0.15, -0.1) is 0 Å². The average molecular weight is 316 g/mol. The lowest BCUT2D eigenvalue weighted by Crippen LogP contribution is -2.31. The topological polar surface area (TPSA) is 97.6 Å². The van der Waals surface area contributed by atoms with Gasteiger partial charge in [-0.3, -0.25) is 0 Å². The van der Waals surface area contributed by atoms with Crippen LogP contribution < -0.4 is 4.72 Å². The molecule has 0 saturated carbocycles. The molecular weight excluding hydrogens is 296 g/mol. The Balaban J connectivity index is 2.19. The third-order valence-corrected chi connectivity index (χ3v) is 4.82. The van der Waals surface area contributed by atoms with Gasteiger partial charge < -0.3 is 14.4 Å². The van der Waals surface area contributed by atoms with Crippen LogP contribution in [0.5, 0.6) is 0 Å². The Bertz CT molecular complexity index is 615. The smallest absolute Gasteiger partial charge is 0.352 e. The first-order valence-corrected chi connectivity index (χ1v) is 8.36. The highest BCUT2D eigenvalue weighted by Crippen LogP contribution is 2.19. The molecule has 1 unspecified atom stereocenters. The van der Waals surface area contributed by atoms with Crippen LogP contribution in [-0.2, 0) is 14.8 Å². The van der Waals surface area contributed by atoms with Crippen molar-refractivity contribution in [3.05, 3.63) is 18.0 Å². The van der Waals surface area contributed by atoms with Crippen LogP contribution in [0.3, 0.4) is 0 Å². The van der Waals surface area contributed by atoms with Crippen molar-refractivity contribution in [2.75, 3.05) is 13.2 Å². The Morgan fingerprint density at radius 2 is 2.29 bits per heavy atom. The number of rotatable bonds is 6. The molecule has 2 N–H and O–H groups in total. The molecular formula is C13H20N2O5S. The summed E-state index contributed by atoms with van der Waals surface area (Å²) in [7, 11) is -3.73. The van der Waals surface area contributed by atoms with E-state index >= 15 is 0 Å². The summed E-state index contributed by atoms with van der Waals surface area (Å²) in [6.45, 7) is 4.45. The van der Waals surface area contributed by atoms with E-state index in [0.29, 0.717) is 6.61 Å². The van der Waals surface area contributed by atoms with Gasteiger partial charge in [0.15, 0.2) is 0 Å². The van der Waals surface area contributed by atoms with E-state index in [9.17, 15) is 13.2 Å². The second-order valence-corrected chi connectivity index (χ2v) is 7.12. The number of hydrogen-bond acceptors (Lipinski definition) is 4. The fraction of sp³-hybridized carbons (Fsp3) is 0.615. The van der Waals surface area contributed by atoms with Gasteiger partial charge in [-0.25, -0.2) is 17.9 Å². The van der Waals surface area contributed by atoms with E-state index in [1.807, 2.05) is 0 Å². The van der Waals surface area contributed by atoms with E-state index in [1.165, 1.54) is 16.8 Å². The molecule has 21 heavy (non-hydrogen) atoms. The molecule has 1 aliphatic heterocycles. The summed E-state index contributed by atoms with van der Waals surface area (Å²) in [5, 5.41) is 9.14. The number of carboxylic acids is 1. The average Bonchev–Trinajstić information content (AvgIpc) is 3.06. The predicted octanol–water partition coefficient (Wildman–Crippen LogP) is 1.22. The predicted molar refractivity (Wildman–Crippen MR) is 75.9 cm³/mol. The molecule has 8 heteroatoms. The zero-order valence-electron chi connectivity index (χ0n) is 12.1. The van der Waals surface area contributed by atoms with Crippen LogP contribution in [0.15, 0.2) is 17.2 Å². The number of aromatic nitrogens is 1. The number of carboxylic acid groups (broad SMARTS) is 1. The number of nitrogens with zero attached hydrogens (tertiary/aromatic N) is 1. The molecule has 1 aliphatic rings. The summed E-state index contributed by atoms with van der Waals surface area (Å²) in [4.78, 5) is 11.1. The molecule has 2 heterocycles. The minimum atomic E-state index is -3.73. The zero-order valence-corrected chi connectivity index (χ0v) is 12.9. The standard InChI is InChI=1S/C13H20N2O5S/c1-9(2)15-8-11(6-12(15)13(16)17)21(18,19)14-7-10-4-3-5-20-10/h6,8-10,14H,3-5,7H2,1-2H3,(H,16,17). The molecule has 118 valence electrons. The van der Waals surface area contributed by atoms with Crippen molar-refractivity contribution in [3.8, 4) is 0 Å². The van der Waals surface area contributed by atoms with Crippen LogP contribution in [0.25, 0.3) is 0 Å². The van der Waals surface area contributed by atoms with Gasteiger partial charge >= 0.3 is 5.97 Å². The summed E-state index contributed by atoms with van der Waals surface area (Å²) in [6.07, 6.45) is 3.01. The maximum atomic E-state index is 12.2. The Kier molecular flexibility index (Phi) is 4.70. The van der Waals surface area contributed by atoms with Crippen molar-refractivity contribution < 1.29 is 23.1 Å². The summed E-state index contributed by atoms with van der Waals surface area (Å²) < 4.78 is 33.7. The Hall–Kier alpha value is -1.38. The molecule has 1 atom stereocenters. The summed E-state index contributed by atoms with van der Waals surface area (Å²) in [6, 6.07) is 1.04. The first kappa shape index (κ1) is 16.0. The number of sulfonamides is 1. The van der Waals surface area contributed by atoms with Gasteiger partial charge in [0.1, 0.15) is 10.6 Å². The van der Waals surface area contributed by atoms with Gasteiger partial charge in [0.25, 0.3) is 0 Å². The monoisotopic (exact) mass is 316 g/mol.